The van der Waals surface area contributed by atoms with Gasteiger partial charge in [-0.05, 0) is 18.8 Å². The van der Waals surface area contributed by atoms with Crippen LogP contribution in [0.2, 0.25) is 0 Å². The van der Waals surface area contributed by atoms with E-state index in [2.05, 4.69) is 4.98 Å². The molecular weight excluding hydrogens is 178 g/mol. The van der Waals surface area contributed by atoms with Gasteiger partial charge in [-0.25, -0.2) is 4.98 Å². The zero-order chi connectivity index (χ0) is 10.1. The summed E-state index contributed by atoms with van der Waals surface area (Å²) in [7, 11) is 0. The minimum absolute atomic E-state index is 0.342. The summed E-state index contributed by atoms with van der Waals surface area (Å²) in [6.45, 7) is 1.76. The Hall–Kier alpha value is -1.34. The van der Waals surface area contributed by atoms with Crippen LogP contribution >= 0.6 is 0 Å². The minimum atomic E-state index is 0.342. The van der Waals surface area contributed by atoms with Gasteiger partial charge in [0.1, 0.15) is 11.8 Å². The van der Waals surface area contributed by atoms with Crippen molar-refractivity contribution in [3.63, 3.8) is 0 Å². The Kier molecular flexibility index (Phi) is 2.26. The summed E-state index contributed by atoms with van der Waals surface area (Å²) in [5.74, 6) is 1.87. The van der Waals surface area contributed by atoms with E-state index >= 15 is 0 Å². The van der Waals surface area contributed by atoms with E-state index in [0.29, 0.717) is 23.5 Å². The van der Waals surface area contributed by atoms with Crippen molar-refractivity contribution in [1.29, 1.82) is 5.26 Å². The first kappa shape index (κ1) is 9.22. The lowest BCUT2D eigenvalue weighted by Crippen LogP contribution is -2.37. The lowest BCUT2D eigenvalue weighted by molar-refractivity contribution is 0.249. The third kappa shape index (κ3) is 1.64. The highest BCUT2D eigenvalue weighted by Crippen LogP contribution is 2.30. The Morgan fingerprint density at radius 3 is 2.93 bits per heavy atom. The molecule has 0 unspecified atom stereocenters. The van der Waals surface area contributed by atoms with Crippen molar-refractivity contribution in [2.24, 2.45) is 11.7 Å². The maximum Gasteiger partial charge on any atom is 0.192 e. The van der Waals surface area contributed by atoms with Gasteiger partial charge in [0, 0.05) is 19.4 Å². The molecule has 1 aliphatic carbocycles. The topological polar surface area (TPSA) is 75.8 Å². The molecule has 2 N–H and O–H groups in total. The van der Waals surface area contributed by atoms with E-state index in [-0.39, 0.29) is 0 Å². The Morgan fingerprint density at radius 1 is 1.64 bits per heavy atom. The Bertz CT molecular complexity index is 371. The molecule has 0 spiro atoms. The fourth-order valence-corrected chi connectivity index (χ4v) is 1.91. The number of aromatic nitrogens is 1. The molecule has 1 aliphatic rings. The van der Waals surface area contributed by atoms with Crippen LogP contribution in [0.3, 0.4) is 0 Å². The Balaban J connectivity index is 2.05. The van der Waals surface area contributed by atoms with Crippen LogP contribution in [-0.4, -0.2) is 11.0 Å². The normalized spacial score (nSPS) is 25.5. The SMILES string of the molecule is Cc1nc(C#N)c(CC2CC(N)C2)o1. The molecule has 1 heterocycles. The van der Waals surface area contributed by atoms with Gasteiger partial charge in [-0.15, -0.1) is 0 Å². The summed E-state index contributed by atoms with van der Waals surface area (Å²) in [4.78, 5) is 4.00. The van der Waals surface area contributed by atoms with Gasteiger partial charge in [0.25, 0.3) is 0 Å². The van der Waals surface area contributed by atoms with Crippen molar-refractivity contribution in [1.82, 2.24) is 4.98 Å². The van der Waals surface area contributed by atoms with Gasteiger partial charge in [0.2, 0.25) is 0 Å². The van der Waals surface area contributed by atoms with Crippen molar-refractivity contribution < 1.29 is 4.42 Å². The molecule has 1 saturated carbocycles. The lowest BCUT2D eigenvalue weighted by atomic mass is 9.78. The molecule has 0 aliphatic heterocycles. The van der Waals surface area contributed by atoms with Crippen molar-refractivity contribution in [2.45, 2.75) is 32.2 Å². The first-order valence-corrected chi connectivity index (χ1v) is 4.81. The third-order valence-electron chi connectivity index (χ3n) is 2.66. The molecule has 0 saturated heterocycles. The average molecular weight is 191 g/mol. The van der Waals surface area contributed by atoms with E-state index in [4.69, 9.17) is 15.4 Å². The van der Waals surface area contributed by atoms with E-state index in [1.807, 2.05) is 6.07 Å². The van der Waals surface area contributed by atoms with Crippen molar-refractivity contribution in [3.05, 3.63) is 17.3 Å². The molecule has 1 aromatic rings. The Morgan fingerprint density at radius 2 is 2.36 bits per heavy atom. The molecule has 0 aromatic carbocycles. The highest BCUT2D eigenvalue weighted by molar-refractivity contribution is 5.25. The highest BCUT2D eigenvalue weighted by Gasteiger charge is 2.28. The van der Waals surface area contributed by atoms with Gasteiger partial charge in [-0.2, -0.15) is 5.26 Å². The largest absolute Gasteiger partial charge is 0.445 e. The van der Waals surface area contributed by atoms with Gasteiger partial charge < -0.3 is 10.2 Å². The van der Waals surface area contributed by atoms with Crippen LogP contribution < -0.4 is 5.73 Å². The summed E-state index contributed by atoms with van der Waals surface area (Å²) in [6, 6.07) is 2.39. The average Bonchev–Trinajstić information content (AvgIpc) is 2.43. The summed E-state index contributed by atoms with van der Waals surface area (Å²) < 4.78 is 5.37. The first-order valence-electron chi connectivity index (χ1n) is 4.81. The van der Waals surface area contributed by atoms with Crippen molar-refractivity contribution in [3.8, 4) is 6.07 Å². The van der Waals surface area contributed by atoms with Gasteiger partial charge in [-0.1, -0.05) is 0 Å². The quantitative estimate of drug-likeness (QED) is 0.760. The molecular formula is C10H13N3O. The standard InChI is InChI=1S/C10H13N3O/c1-6-13-9(5-11)10(14-6)4-7-2-8(12)3-7/h7-8H,2-4,12H2,1H3. The van der Waals surface area contributed by atoms with Crippen LogP contribution in [0.1, 0.15) is 30.2 Å². The fraction of sp³-hybridized carbons (Fsp3) is 0.600. The number of hydrogen-bond acceptors (Lipinski definition) is 4. The molecule has 1 fully saturated rings. The summed E-state index contributed by atoms with van der Waals surface area (Å²) in [6.07, 6.45) is 2.87. The molecule has 0 atom stereocenters. The van der Waals surface area contributed by atoms with E-state index in [1.54, 1.807) is 6.92 Å². The molecule has 0 bridgehead atoms. The first-order chi connectivity index (χ1) is 6.69. The second-order valence-electron chi connectivity index (χ2n) is 3.92. The number of aryl methyl sites for hydroxylation is 1. The van der Waals surface area contributed by atoms with Crippen LogP contribution in [0.5, 0.6) is 0 Å². The van der Waals surface area contributed by atoms with Gasteiger partial charge in [-0.3, -0.25) is 0 Å². The van der Waals surface area contributed by atoms with E-state index < -0.39 is 0 Å². The monoisotopic (exact) mass is 191 g/mol. The number of oxazole rings is 1. The number of nitrogens with zero attached hydrogens (tertiary/aromatic N) is 2. The zero-order valence-corrected chi connectivity index (χ0v) is 8.16. The molecule has 1 aromatic heterocycles. The van der Waals surface area contributed by atoms with Crippen molar-refractivity contribution in [2.75, 3.05) is 0 Å². The molecule has 0 amide bonds. The van der Waals surface area contributed by atoms with Gasteiger partial charge in [0.05, 0.1) is 0 Å². The number of nitriles is 1. The van der Waals surface area contributed by atoms with E-state index in [1.165, 1.54) is 0 Å². The molecule has 2 rings (SSSR count). The van der Waals surface area contributed by atoms with Crippen LogP contribution in [0.25, 0.3) is 0 Å². The summed E-state index contributed by atoms with van der Waals surface area (Å²) in [5.41, 5.74) is 6.12. The number of nitrogens with two attached hydrogens (primary N) is 1. The minimum Gasteiger partial charge on any atom is -0.445 e. The predicted octanol–water partition coefficient (Wildman–Crippen LogP) is 1.13. The smallest absolute Gasteiger partial charge is 0.192 e. The molecule has 14 heavy (non-hydrogen) atoms. The maximum atomic E-state index is 8.79. The maximum absolute atomic E-state index is 8.79. The zero-order valence-electron chi connectivity index (χ0n) is 8.16. The van der Waals surface area contributed by atoms with Crippen LogP contribution in [-0.2, 0) is 6.42 Å². The van der Waals surface area contributed by atoms with Crippen LogP contribution in [0.4, 0.5) is 0 Å². The fourth-order valence-electron chi connectivity index (χ4n) is 1.91. The molecule has 74 valence electrons. The molecule has 4 nitrogen and oxygen atoms in total. The summed E-state index contributed by atoms with van der Waals surface area (Å²) >= 11 is 0. The third-order valence-corrected chi connectivity index (χ3v) is 2.66. The number of hydrogen-bond donors (Lipinski definition) is 1. The lowest BCUT2D eigenvalue weighted by Gasteiger charge is -2.31. The summed E-state index contributed by atoms with van der Waals surface area (Å²) in [5, 5.41) is 8.79. The highest BCUT2D eigenvalue weighted by atomic mass is 16.4. The van der Waals surface area contributed by atoms with Gasteiger partial charge in [0.15, 0.2) is 11.6 Å². The molecule has 4 heteroatoms. The van der Waals surface area contributed by atoms with E-state index in [0.717, 1.165) is 25.0 Å². The predicted molar refractivity (Wildman–Crippen MR) is 50.4 cm³/mol. The number of rotatable bonds is 2. The van der Waals surface area contributed by atoms with Gasteiger partial charge >= 0.3 is 0 Å². The molecule has 0 radical (unpaired) electrons. The van der Waals surface area contributed by atoms with E-state index in [9.17, 15) is 0 Å². The van der Waals surface area contributed by atoms with Crippen LogP contribution in [0.15, 0.2) is 4.42 Å². The van der Waals surface area contributed by atoms with Crippen LogP contribution in [0, 0.1) is 24.2 Å². The second kappa shape index (κ2) is 3.43. The second-order valence-corrected chi connectivity index (χ2v) is 3.92. The Labute approximate surface area is 82.7 Å². The van der Waals surface area contributed by atoms with Crippen molar-refractivity contribution >= 4 is 0 Å².